The summed E-state index contributed by atoms with van der Waals surface area (Å²) in [5.74, 6) is 1.60. The fraction of sp³-hybridized carbons (Fsp3) is 0.571. The van der Waals surface area contributed by atoms with Crippen molar-refractivity contribution >= 4 is 0 Å². The molecule has 2 heterocycles. The molecule has 2 aliphatic heterocycles. The minimum Gasteiger partial charge on any atom is -0.454 e. The quantitative estimate of drug-likeness (QED) is 0.859. The van der Waals surface area contributed by atoms with Crippen molar-refractivity contribution in [3.8, 4) is 11.5 Å². The number of ether oxygens (including phenoxy) is 2. The highest BCUT2D eigenvalue weighted by Gasteiger charge is 2.36. The van der Waals surface area contributed by atoms with Gasteiger partial charge in [0.25, 0.3) is 0 Å². The van der Waals surface area contributed by atoms with E-state index >= 15 is 0 Å². The number of aliphatic hydroxyl groups excluding tert-OH is 1. The first kappa shape index (κ1) is 11.8. The molecule has 4 nitrogen and oxygen atoms in total. The van der Waals surface area contributed by atoms with Gasteiger partial charge in [0.2, 0.25) is 6.79 Å². The molecule has 1 fully saturated rings. The van der Waals surface area contributed by atoms with Crippen molar-refractivity contribution in [3.63, 3.8) is 0 Å². The Bertz CT molecular complexity index is 449. The second kappa shape index (κ2) is 4.44. The van der Waals surface area contributed by atoms with Gasteiger partial charge in [-0.1, -0.05) is 6.07 Å². The normalized spacial score (nSPS) is 27.4. The monoisotopic (exact) mass is 249 g/mol. The van der Waals surface area contributed by atoms with Crippen LogP contribution < -0.4 is 9.47 Å². The number of likely N-dealkylation sites (tertiary alicyclic amines) is 1. The van der Waals surface area contributed by atoms with E-state index in [2.05, 4.69) is 18.0 Å². The lowest BCUT2D eigenvalue weighted by atomic mass is 9.75. The number of likely N-dealkylation sites (N-methyl/N-ethyl adjacent to an activating group) is 1. The summed E-state index contributed by atoms with van der Waals surface area (Å²) in [6.07, 6.45) is 2.14. The molecule has 1 aromatic carbocycles. The van der Waals surface area contributed by atoms with Crippen LogP contribution in [0.3, 0.4) is 0 Å². The fourth-order valence-corrected chi connectivity index (χ4v) is 3.04. The molecule has 1 atom stereocenters. The Morgan fingerprint density at radius 2 is 2.17 bits per heavy atom. The molecule has 0 radical (unpaired) electrons. The van der Waals surface area contributed by atoms with Gasteiger partial charge in [-0.25, -0.2) is 0 Å². The number of nitrogens with zero attached hydrogens (tertiary/aromatic N) is 1. The molecule has 4 heteroatoms. The number of fused-ring (bicyclic) bond motifs is 1. The molecule has 0 spiro atoms. The average molecular weight is 249 g/mol. The van der Waals surface area contributed by atoms with Crippen molar-refractivity contribution < 1.29 is 14.6 Å². The average Bonchev–Trinajstić information content (AvgIpc) is 2.85. The second-order valence-electron chi connectivity index (χ2n) is 5.35. The summed E-state index contributed by atoms with van der Waals surface area (Å²) in [6.45, 7) is 2.47. The number of piperidine rings is 1. The molecule has 1 N–H and O–H groups in total. The highest BCUT2D eigenvalue weighted by Crippen LogP contribution is 2.39. The molecule has 18 heavy (non-hydrogen) atoms. The first-order chi connectivity index (χ1) is 8.73. The first-order valence-corrected chi connectivity index (χ1v) is 6.43. The molecule has 0 aliphatic carbocycles. The van der Waals surface area contributed by atoms with Gasteiger partial charge in [-0.05, 0) is 44.1 Å². The Morgan fingerprint density at radius 3 is 2.94 bits per heavy atom. The lowest BCUT2D eigenvalue weighted by Gasteiger charge is -2.40. The van der Waals surface area contributed by atoms with Gasteiger partial charge in [0.05, 0.1) is 6.61 Å². The summed E-state index contributed by atoms with van der Waals surface area (Å²) < 4.78 is 10.8. The highest BCUT2D eigenvalue weighted by atomic mass is 16.7. The topological polar surface area (TPSA) is 41.9 Å². The smallest absolute Gasteiger partial charge is 0.231 e. The molecule has 1 saturated heterocycles. The zero-order chi connectivity index (χ0) is 12.6. The van der Waals surface area contributed by atoms with Gasteiger partial charge in [-0.15, -0.1) is 0 Å². The molecule has 2 aliphatic rings. The largest absolute Gasteiger partial charge is 0.454 e. The Morgan fingerprint density at radius 1 is 1.33 bits per heavy atom. The van der Waals surface area contributed by atoms with Crippen LogP contribution in [0.5, 0.6) is 11.5 Å². The summed E-state index contributed by atoms with van der Waals surface area (Å²) in [5, 5.41) is 9.86. The number of hydrogen-bond acceptors (Lipinski definition) is 4. The first-order valence-electron chi connectivity index (χ1n) is 6.43. The molecule has 0 amide bonds. The van der Waals surface area contributed by atoms with E-state index in [9.17, 15) is 5.11 Å². The molecule has 0 saturated carbocycles. The molecule has 1 aromatic rings. The lowest BCUT2D eigenvalue weighted by molar-refractivity contribution is 0.104. The fourth-order valence-electron chi connectivity index (χ4n) is 3.04. The van der Waals surface area contributed by atoms with Crippen LogP contribution in [-0.4, -0.2) is 43.5 Å². The molecular weight excluding hydrogens is 230 g/mol. The zero-order valence-corrected chi connectivity index (χ0v) is 10.7. The molecule has 1 unspecified atom stereocenters. The van der Waals surface area contributed by atoms with Crippen LogP contribution in [0.2, 0.25) is 0 Å². The predicted octanol–water partition coefficient (Wildman–Crippen LogP) is 1.37. The number of hydrogen-bond donors (Lipinski definition) is 1. The van der Waals surface area contributed by atoms with E-state index in [1.807, 2.05) is 12.1 Å². The molecular formula is C14H19NO3. The Kier molecular flexibility index (Phi) is 2.92. The number of rotatable bonds is 2. The summed E-state index contributed by atoms with van der Waals surface area (Å²) in [7, 11) is 2.11. The van der Waals surface area contributed by atoms with Gasteiger partial charge in [0.1, 0.15) is 0 Å². The van der Waals surface area contributed by atoms with Crippen molar-refractivity contribution in [2.75, 3.05) is 33.5 Å². The van der Waals surface area contributed by atoms with Gasteiger partial charge >= 0.3 is 0 Å². The van der Waals surface area contributed by atoms with E-state index in [0.29, 0.717) is 6.79 Å². The number of benzene rings is 1. The van der Waals surface area contributed by atoms with Gasteiger partial charge in [-0.2, -0.15) is 0 Å². The van der Waals surface area contributed by atoms with Gasteiger partial charge in [-0.3, -0.25) is 0 Å². The SMILES string of the molecule is CN1CCCC(CO)(c2ccc3c(c2)OCO3)C1. The Labute approximate surface area is 107 Å². The predicted molar refractivity (Wildman–Crippen MR) is 68.1 cm³/mol. The van der Waals surface area contributed by atoms with E-state index in [1.54, 1.807) is 0 Å². The van der Waals surface area contributed by atoms with E-state index in [-0.39, 0.29) is 12.0 Å². The van der Waals surface area contributed by atoms with E-state index in [1.165, 1.54) is 0 Å². The summed E-state index contributed by atoms with van der Waals surface area (Å²) in [4.78, 5) is 2.28. The van der Waals surface area contributed by atoms with Crippen LogP contribution in [0.4, 0.5) is 0 Å². The summed E-state index contributed by atoms with van der Waals surface area (Å²) in [6, 6.07) is 6.03. The van der Waals surface area contributed by atoms with Crippen molar-refractivity contribution in [3.05, 3.63) is 23.8 Å². The maximum atomic E-state index is 9.86. The van der Waals surface area contributed by atoms with E-state index in [4.69, 9.17) is 9.47 Å². The molecule has 0 bridgehead atoms. The summed E-state index contributed by atoms with van der Waals surface area (Å²) >= 11 is 0. The molecule has 98 valence electrons. The minimum atomic E-state index is -0.159. The van der Waals surface area contributed by atoms with Crippen molar-refractivity contribution in [1.82, 2.24) is 4.90 Å². The third kappa shape index (κ3) is 1.85. The van der Waals surface area contributed by atoms with E-state index < -0.39 is 0 Å². The van der Waals surface area contributed by atoms with Crippen LogP contribution in [0.1, 0.15) is 18.4 Å². The Balaban J connectivity index is 1.96. The molecule has 3 rings (SSSR count). The van der Waals surface area contributed by atoms with Crippen LogP contribution in [-0.2, 0) is 5.41 Å². The van der Waals surface area contributed by atoms with Crippen molar-refractivity contribution in [2.24, 2.45) is 0 Å². The van der Waals surface area contributed by atoms with Crippen LogP contribution in [0, 0.1) is 0 Å². The molecule has 0 aromatic heterocycles. The van der Waals surface area contributed by atoms with Gasteiger partial charge in [0.15, 0.2) is 11.5 Å². The number of aliphatic hydroxyl groups is 1. The highest BCUT2D eigenvalue weighted by molar-refractivity contribution is 5.47. The third-order valence-electron chi connectivity index (χ3n) is 4.06. The van der Waals surface area contributed by atoms with Gasteiger partial charge in [0, 0.05) is 12.0 Å². The Hall–Kier alpha value is -1.26. The standard InChI is InChI=1S/C14H19NO3/c1-15-6-2-5-14(8-15,9-16)11-3-4-12-13(7-11)18-10-17-12/h3-4,7,16H,2,5-6,8-10H2,1H3. The minimum absolute atomic E-state index is 0.159. The van der Waals surface area contributed by atoms with Crippen molar-refractivity contribution in [2.45, 2.75) is 18.3 Å². The van der Waals surface area contributed by atoms with Crippen molar-refractivity contribution in [1.29, 1.82) is 0 Å². The van der Waals surface area contributed by atoms with Crippen LogP contribution >= 0.6 is 0 Å². The summed E-state index contributed by atoms with van der Waals surface area (Å²) in [5.41, 5.74) is 0.995. The van der Waals surface area contributed by atoms with Gasteiger partial charge < -0.3 is 19.5 Å². The van der Waals surface area contributed by atoms with Crippen LogP contribution in [0.15, 0.2) is 18.2 Å². The third-order valence-corrected chi connectivity index (χ3v) is 4.06. The maximum absolute atomic E-state index is 9.86. The second-order valence-corrected chi connectivity index (χ2v) is 5.35. The zero-order valence-electron chi connectivity index (χ0n) is 10.7. The lowest BCUT2D eigenvalue weighted by Crippen LogP contribution is -2.46. The maximum Gasteiger partial charge on any atom is 0.231 e. The van der Waals surface area contributed by atoms with E-state index in [0.717, 1.165) is 43.0 Å². The van der Waals surface area contributed by atoms with Crippen LogP contribution in [0.25, 0.3) is 0 Å².